The van der Waals surface area contributed by atoms with E-state index in [9.17, 15) is 0 Å². The molecule has 1 saturated heterocycles. The molecule has 1 fully saturated rings. The lowest BCUT2D eigenvalue weighted by Crippen LogP contribution is -2.36. The van der Waals surface area contributed by atoms with Gasteiger partial charge in [-0.3, -0.25) is 4.99 Å². The number of thioether (sulfide) groups is 1. The fraction of sp³-hybridized carbons (Fsp3) is 0.312. The van der Waals surface area contributed by atoms with Crippen molar-refractivity contribution in [3.05, 3.63) is 40.6 Å². The van der Waals surface area contributed by atoms with Gasteiger partial charge in [0.1, 0.15) is 5.76 Å². The van der Waals surface area contributed by atoms with Crippen molar-refractivity contribution in [2.45, 2.75) is 4.90 Å². The number of aliphatic imine (C=N–C) groups is 1. The minimum absolute atomic E-state index is 0.734. The van der Waals surface area contributed by atoms with Gasteiger partial charge in [-0.25, -0.2) is 0 Å². The topological polar surface area (TPSA) is 38.0 Å². The number of ether oxygens (including phenoxy) is 1. The van der Waals surface area contributed by atoms with Gasteiger partial charge in [-0.15, -0.1) is 11.8 Å². The fourth-order valence-electron chi connectivity index (χ4n) is 2.29. The highest BCUT2D eigenvalue weighted by atomic mass is 79.9. The molecular weight excluding hydrogens is 364 g/mol. The van der Waals surface area contributed by atoms with Crippen LogP contribution in [-0.2, 0) is 4.74 Å². The molecule has 4 nitrogen and oxygen atoms in total. The van der Waals surface area contributed by atoms with Crippen LogP contribution in [0.15, 0.2) is 49.1 Å². The van der Waals surface area contributed by atoms with Crippen molar-refractivity contribution in [1.29, 1.82) is 0 Å². The summed E-state index contributed by atoms with van der Waals surface area (Å²) in [6.07, 6.45) is 3.82. The van der Waals surface area contributed by atoms with Crippen molar-refractivity contribution < 1.29 is 9.15 Å². The van der Waals surface area contributed by atoms with Crippen molar-refractivity contribution in [2.75, 3.05) is 37.5 Å². The molecule has 0 radical (unpaired) electrons. The second-order valence-electron chi connectivity index (χ2n) is 4.83. The summed E-state index contributed by atoms with van der Waals surface area (Å²) in [6.45, 7) is 3.16. The van der Waals surface area contributed by atoms with Crippen molar-refractivity contribution in [1.82, 2.24) is 0 Å². The van der Waals surface area contributed by atoms with E-state index in [4.69, 9.17) is 9.15 Å². The van der Waals surface area contributed by atoms with E-state index in [2.05, 4.69) is 31.9 Å². The average molecular weight is 381 g/mol. The number of hydrogen-bond acceptors (Lipinski definition) is 5. The summed E-state index contributed by atoms with van der Waals surface area (Å²) in [6, 6.07) is 10.0. The molecule has 0 N–H and O–H groups in total. The molecule has 0 unspecified atom stereocenters. The van der Waals surface area contributed by atoms with Crippen LogP contribution in [0.4, 0.5) is 11.6 Å². The minimum Gasteiger partial charge on any atom is -0.438 e. The molecule has 0 saturated carbocycles. The minimum atomic E-state index is 0.734. The predicted molar refractivity (Wildman–Crippen MR) is 94.9 cm³/mol. The van der Waals surface area contributed by atoms with Crippen LogP contribution >= 0.6 is 27.7 Å². The molecule has 0 amide bonds. The lowest BCUT2D eigenvalue weighted by molar-refractivity contribution is 0.120. The second kappa shape index (κ2) is 7.35. The molecule has 1 aliphatic rings. The number of morpholine rings is 1. The Bertz CT molecular complexity index is 666. The van der Waals surface area contributed by atoms with Crippen LogP contribution in [0.25, 0.3) is 0 Å². The third-order valence-corrected chi connectivity index (χ3v) is 4.76. The van der Waals surface area contributed by atoms with Crippen LogP contribution in [0.3, 0.4) is 0 Å². The van der Waals surface area contributed by atoms with E-state index in [-0.39, 0.29) is 0 Å². The Hall–Kier alpha value is -1.24. The highest BCUT2D eigenvalue weighted by molar-refractivity contribution is 9.10. The van der Waals surface area contributed by atoms with Gasteiger partial charge in [-0.2, -0.15) is 0 Å². The number of para-hydroxylation sites is 1. The summed E-state index contributed by atoms with van der Waals surface area (Å²) in [7, 11) is 0. The SMILES string of the molecule is CSc1ccccc1N=Cc1cc(Br)c(N2CCOCC2)o1. The summed E-state index contributed by atoms with van der Waals surface area (Å²) in [5.74, 6) is 1.59. The number of nitrogens with zero attached hydrogens (tertiary/aromatic N) is 2. The number of anilines is 1. The second-order valence-corrected chi connectivity index (χ2v) is 6.53. The van der Waals surface area contributed by atoms with Gasteiger partial charge >= 0.3 is 0 Å². The normalized spacial score (nSPS) is 15.6. The van der Waals surface area contributed by atoms with Crippen LogP contribution in [0.2, 0.25) is 0 Å². The molecule has 0 bridgehead atoms. The van der Waals surface area contributed by atoms with Crippen LogP contribution in [0, 0.1) is 0 Å². The van der Waals surface area contributed by atoms with Gasteiger partial charge in [0.25, 0.3) is 0 Å². The van der Waals surface area contributed by atoms with Crippen LogP contribution in [-0.4, -0.2) is 38.8 Å². The van der Waals surface area contributed by atoms with Crippen LogP contribution < -0.4 is 4.90 Å². The molecule has 1 aromatic carbocycles. The molecule has 116 valence electrons. The quantitative estimate of drug-likeness (QED) is 0.583. The summed E-state index contributed by atoms with van der Waals surface area (Å²) >= 11 is 5.25. The maximum absolute atomic E-state index is 5.92. The molecule has 3 rings (SSSR count). The van der Waals surface area contributed by atoms with E-state index in [1.807, 2.05) is 30.5 Å². The first-order valence-corrected chi connectivity index (χ1v) is 9.09. The zero-order valence-corrected chi connectivity index (χ0v) is 14.7. The molecule has 0 spiro atoms. The number of furan rings is 1. The van der Waals surface area contributed by atoms with Crippen LogP contribution in [0.1, 0.15) is 5.76 Å². The molecule has 1 aliphatic heterocycles. The fourth-order valence-corrected chi connectivity index (χ4v) is 3.39. The summed E-state index contributed by atoms with van der Waals surface area (Å²) in [5, 5.41) is 0. The lowest BCUT2D eigenvalue weighted by atomic mass is 10.3. The van der Waals surface area contributed by atoms with Gasteiger partial charge < -0.3 is 14.1 Å². The third kappa shape index (κ3) is 3.56. The Balaban J connectivity index is 1.79. The van der Waals surface area contributed by atoms with Crippen molar-refractivity contribution in [3.8, 4) is 0 Å². The van der Waals surface area contributed by atoms with Crippen molar-refractivity contribution in [3.63, 3.8) is 0 Å². The Morgan fingerprint density at radius 2 is 2.05 bits per heavy atom. The van der Waals surface area contributed by atoms with Crippen LogP contribution in [0.5, 0.6) is 0 Å². The first-order valence-electron chi connectivity index (χ1n) is 7.07. The van der Waals surface area contributed by atoms with E-state index < -0.39 is 0 Å². The molecule has 2 heterocycles. The lowest BCUT2D eigenvalue weighted by Gasteiger charge is -2.26. The maximum Gasteiger partial charge on any atom is 0.210 e. The van der Waals surface area contributed by atoms with Gasteiger partial charge in [-0.1, -0.05) is 12.1 Å². The van der Waals surface area contributed by atoms with E-state index in [0.29, 0.717) is 0 Å². The Labute approximate surface area is 142 Å². The number of benzene rings is 1. The van der Waals surface area contributed by atoms with E-state index in [1.54, 1.807) is 18.0 Å². The number of halogens is 1. The monoisotopic (exact) mass is 380 g/mol. The summed E-state index contributed by atoms with van der Waals surface area (Å²) in [5.41, 5.74) is 0.954. The van der Waals surface area contributed by atoms with Gasteiger partial charge in [0.2, 0.25) is 5.88 Å². The smallest absolute Gasteiger partial charge is 0.210 e. The highest BCUT2D eigenvalue weighted by Crippen LogP contribution is 2.31. The van der Waals surface area contributed by atoms with E-state index >= 15 is 0 Å². The first kappa shape index (κ1) is 15.6. The van der Waals surface area contributed by atoms with Crippen molar-refractivity contribution >= 4 is 45.5 Å². The Morgan fingerprint density at radius 1 is 1.27 bits per heavy atom. The molecule has 6 heteroatoms. The molecule has 1 aromatic heterocycles. The molecule has 22 heavy (non-hydrogen) atoms. The Kier molecular flexibility index (Phi) is 5.23. The first-order chi connectivity index (χ1) is 10.8. The van der Waals surface area contributed by atoms with Gasteiger partial charge in [-0.05, 0) is 34.3 Å². The van der Waals surface area contributed by atoms with Gasteiger partial charge in [0.15, 0.2) is 0 Å². The molecule has 0 aliphatic carbocycles. The molecule has 2 aromatic rings. The number of rotatable bonds is 4. The zero-order valence-electron chi connectivity index (χ0n) is 12.3. The predicted octanol–water partition coefficient (Wildman–Crippen LogP) is 4.35. The highest BCUT2D eigenvalue weighted by Gasteiger charge is 2.18. The van der Waals surface area contributed by atoms with Crippen molar-refractivity contribution in [2.24, 2.45) is 4.99 Å². The van der Waals surface area contributed by atoms with Gasteiger partial charge in [0.05, 0.1) is 29.6 Å². The maximum atomic E-state index is 5.92. The summed E-state index contributed by atoms with van der Waals surface area (Å²) in [4.78, 5) is 7.88. The summed E-state index contributed by atoms with van der Waals surface area (Å²) < 4.78 is 12.2. The van der Waals surface area contributed by atoms with E-state index in [0.717, 1.165) is 53.0 Å². The standard InChI is InChI=1S/C16H17BrN2O2S/c1-22-15-5-3-2-4-14(15)18-11-12-10-13(17)16(21-12)19-6-8-20-9-7-19/h2-5,10-11H,6-9H2,1H3. The van der Waals surface area contributed by atoms with Gasteiger partial charge in [0, 0.05) is 24.1 Å². The molecular formula is C16H17BrN2O2S. The third-order valence-electron chi connectivity index (χ3n) is 3.40. The Morgan fingerprint density at radius 3 is 2.82 bits per heavy atom. The average Bonchev–Trinajstić information content (AvgIpc) is 2.95. The zero-order chi connectivity index (χ0) is 15.4. The molecule has 0 atom stereocenters. The number of hydrogen-bond donors (Lipinski definition) is 0. The van der Waals surface area contributed by atoms with E-state index in [1.165, 1.54) is 0 Å². The largest absolute Gasteiger partial charge is 0.438 e.